The number of aliphatic hydroxyl groups excluding tert-OH is 2. The quantitative estimate of drug-likeness (QED) is 0.297. The van der Waals surface area contributed by atoms with E-state index >= 15 is 0 Å². The zero-order chi connectivity index (χ0) is 15.6. The van der Waals surface area contributed by atoms with Gasteiger partial charge in [0.2, 0.25) is 0 Å². The Kier molecular flexibility index (Phi) is 17.4. The highest BCUT2D eigenvalue weighted by Crippen LogP contribution is 2.11. The van der Waals surface area contributed by atoms with Gasteiger partial charge in [0, 0.05) is 6.61 Å². The second-order valence-corrected chi connectivity index (χ2v) is 6.19. The molecule has 0 amide bonds. The van der Waals surface area contributed by atoms with Gasteiger partial charge in [-0.05, 0) is 25.7 Å². The summed E-state index contributed by atoms with van der Waals surface area (Å²) in [6.07, 6.45) is 21.0. The van der Waals surface area contributed by atoms with Gasteiger partial charge in [-0.1, -0.05) is 83.3 Å². The monoisotopic (exact) mass is 298 g/mol. The third-order valence-corrected chi connectivity index (χ3v) is 3.99. The molecule has 0 saturated heterocycles. The number of aliphatic hydroxyl groups is 2. The van der Waals surface area contributed by atoms with Gasteiger partial charge in [-0.2, -0.15) is 0 Å². The summed E-state index contributed by atoms with van der Waals surface area (Å²) in [6, 6.07) is 0. The number of rotatable bonds is 16. The van der Waals surface area contributed by atoms with Crippen molar-refractivity contribution in [3.05, 3.63) is 12.2 Å². The molecule has 0 rings (SSSR count). The normalized spacial score (nSPS) is 13.1. The summed E-state index contributed by atoms with van der Waals surface area (Å²) in [5, 5.41) is 18.3. The Morgan fingerprint density at radius 2 is 1.29 bits per heavy atom. The minimum absolute atomic E-state index is 0.226. The average molecular weight is 299 g/mol. The summed E-state index contributed by atoms with van der Waals surface area (Å²) >= 11 is 0. The lowest BCUT2D eigenvalue weighted by Gasteiger charge is -2.03. The second kappa shape index (κ2) is 17.7. The molecule has 0 aromatic heterocycles. The number of allylic oxidation sites excluding steroid dienone is 1. The summed E-state index contributed by atoms with van der Waals surface area (Å²) in [6.45, 7) is 2.51. The molecule has 126 valence electrons. The average Bonchev–Trinajstić information content (AvgIpc) is 2.49. The van der Waals surface area contributed by atoms with Gasteiger partial charge < -0.3 is 10.2 Å². The van der Waals surface area contributed by atoms with Gasteiger partial charge in [-0.15, -0.1) is 0 Å². The standard InChI is InChI=1S/C19H38O2/c1-2-3-16-19(21)17-14-12-10-8-6-4-5-7-9-11-13-15-18-20/h14,17,19-21H,2-13,15-16,18H2,1H3/b17-14+/t19-/m1/s1. The van der Waals surface area contributed by atoms with Crippen LogP contribution < -0.4 is 0 Å². The zero-order valence-corrected chi connectivity index (χ0v) is 14.2. The van der Waals surface area contributed by atoms with Crippen LogP contribution in [0.3, 0.4) is 0 Å². The van der Waals surface area contributed by atoms with E-state index in [0.29, 0.717) is 6.61 Å². The van der Waals surface area contributed by atoms with Crippen molar-refractivity contribution in [2.75, 3.05) is 6.61 Å². The first-order valence-electron chi connectivity index (χ1n) is 9.26. The van der Waals surface area contributed by atoms with Crippen molar-refractivity contribution in [3.63, 3.8) is 0 Å². The van der Waals surface area contributed by atoms with Gasteiger partial charge in [0.15, 0.2) is 0 Å². The van der Waals surface area contributed by atoms with E-state index in [-0.39, 0.29) is 6.10 Å². The molecular formula is C19H38O2. The Morgan fingerprint density at radius 1 is 0.762 bits per heavy atom. The number of hydrogen-bond donors (Lipinski definition) is 2. The molecule has 0 aliphatic rings. The van der Waals surface area contributed by atoms with Crippen molar-refractivity contribution < 1.29 is 10.2 Å². The Labute approximate surface area is 132 Å². The highest BCUT2D eigenvalue weighted by atomic mass is 16.3. The van der Waals surface area contributed by atoms with Crippen LogP contribution in [0.1, 0.15) is 96.8 Å². The van der Waals surface area contributed by atoms with Crippen LogP contribution in [0.15, 0.2) is 12.2 Å². The van der Waals surface area contributed by atoms with E-state index in [1.807, 2.05) is 6.08 Å². The van der Waals surface area contributed by atoms with Crippen molar-refractivity contribution in [3.8, 4) is 0 Å². The Morgan fingerprint density at radius 3 is 1.81 bits per heavy atom. The summed E-state index contributed by atoms with van der Waals surface area (Å²) in [5.74, 6) is 0. The molecule has 0 heterocycles. The van der Waals surface area contributed by atoms with Gasteiger partial charge in [-0.25, -0.2) is 0 Å². The Bertz CT molecular complexity index is 214. The van der Waals surface area contributed by atoms with Crippen molar-refractivity contribution in [1.82, 2.24) is 0 Å². The molecule has 0 aromatic carbocycles. The van der Waals surface area contributed by atoms with E-state index in [0.717, 1.165) is 32.1 Å². The van der Waals surface area contributed by atoms with Crippen LogP contribution in [0.2, 0.25) is 0 Å². The fourth-order valence-corrected chi connectivity index (χ4v) is 2.55. The molecule has 1 atom stereocenters. The highest BCUT2D eigenvalue weighted by molar-refractivity contribution is 4.88. The molecule has 0 saturated carbocycles. The molecular weight excluding hydrogens is 260 g/mol. The van der Waals surface area contributed by atoms with Crippen LogP contribution in [0, 0.1) is 0 Å². The fraction of sp³-hybridized carbons (Fsp3) is 0.895. The summed E-state index contributed by atoms with van der Waals surface area (Å²) in [4.78, 5) is 0. The maximum atomic E-state index is 9.66. The van der Waals surface area contributed by atoms with E-state index in [1.165, 1.54) is 57.8 Å². The summed E-state index contributed by atoms with van der Waals surface area (Å²) < 4.78 is 0. The van der Waals surface area contributed by atoms with E-state index in [2.05, 4.69) is 13.0 Å². The highest BCUT2D eigenvalue weighted by Gasteiger charge is 1.96. The molecule has 0 unspecified atom stereocenters. The second-order valence-electron chi connectivity index (χ2n) is 6.19. The van der Waals surface area contributed by atoms with Gasteiger partial charge in [0.05, 0.1) is 6.10 Å². The van der Waals surface area contributed by atoms with Crippen molar-refractivity contribution >= 4 is 0 Å². The number of hydrogen-bond acceptors (Lipinski definition) is 2. The third-order valence-electron chi connectivity index (χ3n) is 3.99. The largest absolute Gasteiger partial charge is 0.396 e. The molecule has 0 aliphatic carbocycles. The first kappa shape index (κ1) is 20.7. The first-order chi connectivity index (χ1) is 10.3. The van der Waals surface area contributed by atoms with Crippen LogP contribution >= 0.6 is 0 Å². The van der Waals surface area contributed by atoms with E-state index in [1.54, 1.807) is 0 Å². The predicted molar refractivity (Wildman–Crippen MR) is 92.5 cm³/mol. The van der Waals surface area contributed by atoms with Gasteiger partial charge in [0.25, 0.3) is 0 Å². The molecule has 2 N–H and O–H groups in total. The lowest BCUT2D eigenvalue weighted by atomic mass is 10.1. The zero-order valence-electron chi connectivity index (χ0n) is 14.2. The van der Waals surface area contributed by atoms with Crippen molar-refractivity contribution in [2.45, 2.75) is 103 Å². The Hall–Kier alpha value is -0.340. The lowest BCUT2D eigenvalue weighted by molar-refractivity contribution is 0.209. The molecule has 2 nitrogen and oxygen atoms in total. The van der Waals surface area contributed by atoms with E-state index in [4.69, 9.17) is 5.11 Å². The van der Waals surface area contributed by atoms with Crippen molar-refractivity contribution in [1.29, 1.82) is 0 Å². The first-order valence-corrected chi connectivity index (χ1v) is 9.26. The lowest BCUT2D eigenvalue weighted by Crippen LogP contribution is -2.00. The minimum Gasteiger partial charge on any atom is -0.396 e. The predicted octanol–water partition coefficient (Wildman–Crippen LogP) is 5.38. The maximum Gasteiger partial charge on any atom is 0.0720 e. The van der Waals surface area contributed by atoms with Gasteiger partial charge >= 0.3 is 0 Å². The fourth-order valence-electron chi connectivity index (χ4n) is 2.55. The van der Waals surface area contributed by atoms with Gasteiger partial charge in [-0.3, -0.25) is 0 Å². The molecule has 2 heteroatoms. The molecule has 0 radical (unpaired) electrons. The van der Waals surface area contributed by atoms with Crippen LogP contribution in [0.5, 0.6) is 0 Å². The van der Waals surface area contributed by atoms with Crippen LogP contribution in [0.4, 0.5) is 0 Å². The summed E-state index contributed by atoms with van der Waals surface area (Å²) in [7, 11) is 0. The number of unbranched alkanes of at least 4 members (excludes halogenated alkanes) is 11. The van der Waals surface area contributed by atoms with Crippen LogP contribution in [-0.4, -0.2) is 22.9 Å². The molecule has 0 bridgehead atoms. The Balaban J connectivity index is 3.13. The van der Waals surface area contributed by atoms with Crippen molar-refractivity contribution in [2.24, 2.45) is 0 Å². The van der Waals surface area contributed by atoms with E-state index in [9.17, 15) is 5.11 Å². The molecule has 0 aliphatic heterocycles. The van der Waals surface area contributed by atoms with Gasteiger partial charge in [0.1, 0.15) is 0 Å². The topological polar surface area (TPSA) is 40.5 Å². The SMILES string of the molecule is CCCC[C@@H](O)/C=C/CCCCCCCCCCCCO. The molecule has 0 spiro atoms. The molecule has 0 fully saturated rings. The minimum atomic E-state index is -0.226. The molecule has 0 aromatic rings. The smallest absolute Gasteiger partial charge is 0.0720 e. The summed E-state index contributed by atoms with van der Waals surface area (Å²) in [5.41, 5.74) is 0. The maximum absolute atomic E-state index is 9.66. The van der Waals surface area contributed by atoms with Crippen LogP contribution in [-0.2, 0) is 0 Å². The van der Waals surface area contributed by atoms with Crippen LogP contribution in [0.25, 0.3) is 0 Å². The van der Waals surface area contributed by atoms with E-state index < -0.39 is 0 Å². The molecule has 21 heavy (non-hydrogen) atoms. The third kappa shape index (κ3) is 17.6.